The highest BCUT2D eigenvalue weighted by molar-refractivity contribution is 6.33. The monoisotopic (exact) mass is 257 g/mol. The summed E-state index contributed by atoms with van der Waals surface area (Å²) in [5.41, 5.74) is -0.735. The molecule has 2 aromatic rings. The van der Waals surface area contributed by atoms with Gasteiger partial charge in [-0.05, 0) is 6.07 Å². The van der Waals surface area contributed by atoms with E-state index in [-0.39, 0.29) is 5.15 Å². The van der Waals surface area contributed by atoms with Crippen LogP contribution in [0.1, 0.15) is 0 Å². The van der Waals surface area contributed by atoms with Crippen molar-refractivity contribution in [1.29, 1.82) is 0 Å². The molecule has 0 aliphatic rings. The van der Waals surface area contributed by atoms with E-state index in [0.29, 0.717) is 11.0 Å². The van der Waals surface area contributed by atoms with Gasteiger partial charge in [-0.15, -0.1) is 0 Å². The van der Waals surface area contributed by atoms with Crippen molar-refractivity contribution in [2.75, 3.05) is 19.8 Å². The Morgan fingerprint density at radius 2 is 1.82 bits per heavy atom. The maximum atomic E-state index is 9.36. The molecule has 0 aromatic carbocycles. The van der Waals surface area contributed by atoms with Crippen LogP contribution < -0.4 is 0 Å². The van der Waals surface area contributed by atoms with Crippen molar-refractivity contribution in [3.05, 3.63) is 23.7 Å². The summed E-state index contributed by atoms with van der Waals surface area (Å²) in [6.45, 7) is -1.23. The van der Waals surface area contributed by atoms with Crippen LogP contribution in [0.25, 0.3) is 11.0 Å². The van der Waals surface area contributed by atoms with Gasteiger partial charge in [0.05, 0.1) is 25.2 Å². The maximum absolute atomic E-state index is 9.36. The minimum Gasteiger partial charge on any atom is -0.394 e. The lowest BCUT2D eigenvalue weighted by Crippen LogP contribution is -2.44. The molecule has 2 rings (SSSR count). The van der Waals surface area contributed by atoms with E-state index in [1.54, 1.807) is 12.3 Å². The molecule has 0 unspecified atom stereocenters. The molecule has 0 fully saturated rings. The minimum atomic E-state index is -1.20. The van der Waals surface area contributed by atoms with Crippen LogP contribution in [0.3, 0.4) is 0 Å². The van der Waals surface area contributed by atoms with Crippen LogP contribution in [0.15, 0.2) is 18.6 Å². The van der Waals surface area contributed by atoms with Gasteiger partial charge in [0, 0.05) is 6.20 Å². The molecule has 6 nitrogen and oxygen atoms in total. The Labute approximate surface area is 102 Å². The van der Waals surface area contributed by atoms with Gasteiger partial charge in [-0.3, -0.25) is 0 Å². The van der Waals surface area contributed by atoms with Gasteiger partial charge in [-0.1, -0.05) is 11.6 Å². The first-order chi connectivity index (χ1) is 8.18. The molecule has 0 saturated heterocycles. The fourth-order valence-electron chi connectivity index (χ4n) is 1.68. The summed E-state index contributed by atoms with van der Waals surface area (Å²) in [6, 6.07) is 1.67. The molecule has 17 heavy (non-hydrogen) atoms. The van der Waals surface area contributed by atoms with Crippen molar-refractivity contribution in [1.82, 2.24) is 14.5 Å². The third-order valence-electron chi connectivity index (χ3n) is 2.83. The predicted octanol–water partition coefficient (Wildman–Crippen LogP) is -0.243. The van der Waals surface area contributed by atoms with Crippen molar-refractivity contribution in [3.63, 3.8) is 0 Å². The average Bonchev–Trinajstić information content (AvgIpc) is 2.79. The SMILES string of the molecule is OCC(CO)(CO)n1ccc2c(Cl)ncnc21. The van der Waals surface area contributed by atoms with Gasteiger partial charge in [-0.2, -0.15) is 0 Å². The van der Waals surface area contributed by atoms with Crippen LogP contribution in [-0.4, -0.2) is 49.7 Å². The van der Waals surface area contributed by atoms with Gasteiger partial charge in [0.25, 0.3) is 0 Å². The second-order valence-electron chi connectivity index (χ2n) is 3.79. The van der Waals surface area contributed by atoms with E-state index in [1.165, 1.54) is 10.9 Å². The third kappa shape index (κ3) is 1.79. The quantitative estimate of drug-likeness (QED) is 0.658. The lowest BCUT2D eigenvalue weighted by Gasteiger charge is -2.29. The molecular formula is C10H12ClN3O3. The number of aliphatic hydroxyl groups is 3. The zero-order valence-electron chi connectivity index (χ0n) is 8.91. The van der Waals surface area contributed by atoms with E-state index in [2.05, 4.69) is 9.97 Å². The number of halogens is 1. The Kier molecular flexibility index (Phi) is 3.30. The summed E-state index contributed by atoms with van der Waals surface area (Å²) >= 11 is 5.90. The third-order valence-corrected chi connectivity index (χ3v) is 3.13. The van der Waals surface area contributed by atoms with E-state index < -0.39 is 25.4 Å². The van der Waals surface area contributed by atoms with Crippen molar-refractivity contribution < 1.29 is 15.3 Å². The molecule has 0 amide bonds. The van der Waals surface area contributed by atoms with Gasteiger partial charge >= 0.3 is 0 Å². The zero-order valence-corrected chi connectivity index (χ0v) is 9.67. The lowest BCUT2D eigenvalue weighted by atomic mass is 10.0. The summed E-state index contributed by atoms with van der Waals surface area (Å²) in [6.07, 6.45) is 2.89. The molecule has 0 aliphatic heterocycles. The van der Waals surface area contributed by atoms with Crippen molar-refractivity contribution in [2.24, 2.45) is 0 Å². The summed E-state index contributed by atoms with van der Waals surface area (Å²) in [4.78, 5) is 7.88. The zero-order chi connectivity index (χ0) is 12.5. The van der Waals surface area contributed by atoms with Gasteiger partial charge in [0.1, 0.15) is 22.7 Å². The molecule has 0 spiro atoms. The number of hydrogen-bond acceptors (Lipinski definition) is 5. The molecule has 2 aromatic heterocycles. The van der Waals surface area contributed by atoms with Crippen molar-refractivity contribution in [3.8, 4) is 0 Å². The average molecular weight is 258 g/mol. The highest BCUT2D eigenvalue weighted by Crippen LogP contribution is 2.25. The first kappa shape index (κ1) is 12.3. The highest BCUT2D eigenvalue weighted by Gasteiger charge is 2.31. The van der Waals surface area contributed by atoms with Crippen molar-refractivity contribution in [2.45, 2.75) is 5.54 Å². The second kappa shape index (κ2) is 4.58. The number of aromatic nitrogens is 3. The van der Waals surface area contributed by atoms with Gasteiger partial charge in [0.2, 0.25) is 0 Å². The topological polar surface area (TPSA) is 91.4 Å². The van der Waals surface area contributed by atoms with Crippen LogP contribution in [0, 0.1) is 0 Å². The molecular weight excluding hydrogens is 246 g/mol. The number of aliphatic hydroxyl groups excluding tert-OH is 3. The number of hydrogen-bond donors (Lipinski definition) is 3. The highest BCUT2D eigenvalue weighted by atomic mass is 35.5. The Morgan fingerprint density at radius 3 is 2.41 bits per heavy atom. The standard InChI is InChI=1S/C10H12ClN3O3/c11-8-7-1-2-14(9(7)13-6-12-8)10(3-15,4-16)5-17/h1-2,6,15-17H,3-5H2. The predicted molar refractivity (Wildman–Crippen MR) is 61.8 cm³/mol. The van der Waals surface area contributed by atoms with E-state index in [9.17, 15) is 15.3 Å². The summed E-state index contributed by atoms with van der Waals surface area (Å²) in [5, 5.41) is 29.0. The summed E-state index contributed by atoms with van der Waals surface area (Å²) in [5.74, 6) is 0. The van der Waals surface area contributed by atoms with Crippen LogP contribution in [0.2, 0.25) is 5.15 Å². The molecule has 0 saturated carbocycles. The van der Waals surface area contributed by atoms with Crippen LogP contribution in [0.5, 0.6) is 0 Å². The first-order valence-electron chi connectivity index (χ1n) is 4.99. The lowest BCUT2D eigenvalue weighted by molar-refractivity contribution is 0.0179. The van der Waals surface area contributed by atoms with Crippen LogP contribution in [0.4, 0.5) is 0 Å². The van der Waals surface area contributed by atoms with E-state index in [0.717, 1.165) is 0 Å². The van der Waals surface area contributed by atoms with Crippen molar-refractivity contribution >= 4 is 22.6 Å². The van der Waals surface area contributed by atoms with Crippen LogP contribution >= 0.6 is 11.6 Å². The molecule has 0 bridgehead atoms. The van der Waals surface area contributed by atoms with Crippen LogP contribution in [-0.2, 0) is 5.54 Å². The van der Waals surface area contributed by atoms with E-state index in [4.69, 9.17) is 11.6 Å². The summed E-state index contributed by atoms with van der Waals surface area (Å²) in [7, 11) is 0. The van der Waals surface area contributed by atoms with Gasteiger partial charge in [-0.25, -0.2) is 9.97 Å². The molecule has 7 heteroatoms. The number of rotatable bonds is 4. The normalized spacial score (nSPS) is 12.2. The maximum Gasteiger partial charge on any atom is 0.145 e. The summed E-state index contributed by atoms with van der Waals surface area (Å²) < 4.78 is 1.51. The Hall–Kier alpha value is -1.21. The Bertz CT molecular complexity index is 516. The fourth-order valence-corrected chi connectivity index (χ4v) is 1.87. The van der Waals surface area contributed by atoms with Gasteiger partial charge in [0.15, 0.2) is 0 Å². The number of fused-ring (bicyclic) bond motifs is 1. The molecule has 3 N–H and O–H groups in total. The molecule has 0 aliphatic carbocycles. The fraction of sp³-hybridized carbons (Fsp3) is 0.400. The van der Waals surface area contributed by atoms with Gasteiger partial charge < -0.3 is 19.9 Å². The van der Waals surface area contributed by atoms with E-state index in [1.807, 2.05) is 0 Å². The van der Waals surface area contributed by atoms with E-state index >= 15 is 0 Å². The first-order valence-corrected chi connectivity index (χ1v) is 5.37. The Balaban J connectivity index is 2.67. The number of nitrogens with zero attached hydrogens (tertiary/aromatic N) is 3. The smallest absolute Gasteiger partial charge is 0.145 e. The molecule has 0 radical (unpaired) electrons. The molecule has 0 atom stereocenters. The largest absolute Gasteiger partial charge is 0.394 e. The molecule has 92 valence electrons. The Morgan fingerprint density at radius 1 is 1.18 bits per heavy atom. The second-order valence-corrected chi connectivity index (χ2v) is 4.14. The molecule has 2 heterocycles. The minimum absolute atomic E-state index is 0.288.